The lowest BCUT2D eigenvalue weighted by Gasteiger charge is -2.39. The molecule has 0 amide bonds. The van der Waals surface area contributed by atoms with Crippen LogP contribution in [0.15, 0.2) is 23.4 Å². The normalized spacial score (nSPS) is 23.9. The zero-order valence-corrected chi connectivity index (χ0v) is 11.9. The van der Waals surface area contributed by atoms with Gasteiger partial charge in [0.05, 0.1) is 0 Å². The lowest BCUT2D eigenvalue weighted by atomic mass is 10.1. The first-order valence-corrected chi connectivity index (χ1v) is 7.26. The second kappa shape index (κ2) is 5.32. The standard InChI is InChI=1S/C15H22N4O/c1-11-4-5-13(15(16)17-20)14(9-11)19-8-7-18-6-2-3-12(18)10-19/h4-5,9,12,20H,2-3,6-8,10H2,1H3,(H2,16,17). The molecule has 0 spiro atoms. The van der Waals surface area contributed by atoms with Crippen LogP contribution in [0.25, 0.3) is 0 Å². The predicted octanol–water partition coefficient (Wildman–Crippen LogP) is 1.37. The summed E-state index contributed by atoms with van der Waals surface area (Å²) in [4.78, 5) is 4.96. The van der Waals surface area contributed by atoms with Crippen LogP contribution in [0.2, 0.25) is 0 Å². The van der Waals surface area contributed by atoms with Gasteiger partial charge in [-0.05, 0) is 44.0 Å². The van der Waals surface area contributed by atoms with E-state index in [9.17, 15) is 0 Å². The van der Waals surface area contributed by atoms with E-state index in [1.807, 2.05) is 12.1 Å². The lowest BCUT2D eigenvalue weighted by molar-refractivity contribution is 0.231. The van der Waals surface area contributed by atoms with E-state index in [4.69, 9.17) is 10.9 Å². The van der Waals surface area contributed by atoms with Crippen LogP contribution in [0.3, 0.4) is 0 Å². The third-order valence-corrected chi connectivity index (χ3v) is 4.46. The first-order valence-electron chi connectivity index (χ1n) is 7.26. The molecule has 2 fully saturated rings. The summed E-state index contributed by atoms with van der Waals surface area (Å²) < 4.78 is 0. The molecule has 3 N–H and O–H groups in total. The molecule has 2 aliphatic rings. The van der Waals surface area contributed by atoms with Crippen LogP contribution in [-0.4, -0.2) is 48.2 Å². The van der Waals surface area contributed by atoms with Crippen molar-refractivity contribution in [3.8, 4) is 0 Å². The molecule has 108 valence electrons. The Morgan fingerprint density at radius 3 is 3.00 bits per heavy atom. The van der Waals surface area contributed by atoms with Gasteiger partial charge in [-0.1, -0.05) is 11.2 Å². The number of nitrogens with zero attached hydrogens (tertiary/aromatic N) is 3. The number of nitrogens with two attached hydrogens (primary N) is 1. The number of benzene rings is 1. The van der Waals surface area contributed by atoms with Crippen molar-refractivity contribution in [2.45, 2.75) is 25.8 Å². The van der Waals surface area contributed by atoms with Gasteiger partial charge in [-0.25, -0.2) is 0 Å². The molecule has 1 atom stereocenters. The smallest absolute Gasteiger partial charge is 0.172 e. The molecule has 1 aromatic rings. The molecule has 2 aliphatic heterocycles. The van der Waals surface area contributed by atoms with Gasteiger partial charge in [0.2, 0.25) is 0 Å². The van der Waals surface area contributed by atoms with Crippen molar-refractivity contribution in [2.24, 2.45) is 10.9 Å². The fourth-order valence-corrected chi connectivity index (χ4v) is 3.38. The molecular weight excluding hydrogens is 252 g/mol. The van der Waals surface area contributed by atoms with Crippen molar-refractivity contribution in [3.05, 3.63) is 29.3 Å². The Morgan fingerprint density at radius 2 is 2.20 bits per heavy atom. The van der Waals surface area contributed by atoms with Crippen LogP contribution in [0.5, 0.6) is 0 Å². The summed E-state index contributed by atoms with van der Waals surface area (Å²) in [5.41, 5.74) is 8.93. The molecule has 5 nitrogen and oxygen atoms in total. The van der Waals surface area contributed by atoms with Crippen LogP contribution in [0.4, 0.5) is 5.69 Å². The van der Waals surface area contributed by atoms with Gasteiger partial charge in [0.25, 0.3) is 0 Å². The highest BCUT2D eigenvalue weighted by atomic mass is 16.4. The van der Waals surface area contributed by atoms with E-state index in [1.54, 1.807) is 0 Å². The van der Waals surface area contributed by atoms with Crippen molar-refractivity contribution in [2.75, 3.05) is 31.1 Å². The maximum atomic E-state index is 8.97. The van der Waals surface area contributed by atoms with Crippen LogP contribution in [0, 0.1) is 6.92 Å². The molecule has 0 bridgehead atoms. The fourth-order valence-electron chi connectivity index (χ4n) is 3.38. The van der Waals surface area contributed by atoms with Gasteiger partial charge in [0.15, 0.2) is 5.84 Å². The summed E-state index contributed by atoms with van der Waals surface area (Å²) in [6.45, 7) is 6.46. The molecule has 2 heterocycles. The van der Waals surface area contributed by atoms with E-state index in [-0.39, 0.29) is 5.84 Å². The van der Waals surface area contributed by atoms with E-state index in [1.165, 1.54) is 24.9 Å². The van der Waals surface area contributed by atoms with Gasteiger partial charge in [-0.15, -0.1) is 0 Å². The molecule has 3 rings (SSSR count). The Labute approximate surface area is 119 Å². The van der Waals surface area contributed by atoms with E-state index in [0.29, 0.717) is 6.04 Å². The van der Waals surface area contributed by atoms with Crippen LogP contribution in [0.1, 0.15) is 24.0 Å². The Balaban J connectivity index is 1.91. The van der Waals surface area contributed by atoms with E-state index in [0.717, 1.165) is 30.9 Å². The molecule has 0 aromatic heterocycles. The summed E-state index contributed by atoms with van der Waals surface area (Å²) in [5.74, 6) is 0.189. The number of piperazine rings is 1. The lowest BCUT2D eigenvalue weighted by Crippen LogP contribution is -2.50. The molecule has 1 unspecified atom stereocenters. The SMILES string of the molecule is Cc1ccc(/C(N)=N/O)c(N2CCN3CCCC3C2)c1. The maximum Gasteiger partial charge on any atom is 0.172 e. The average Bonchev–Trinajstić information content (AvgIpc) is 2.93. The second-order valence-electron chi connectivity index (χ2n) is 5.78. The van der Waals surface area contributed by atoms with Gasteiger partial charge in [-0.2, -0.15) is 0 Å². The molecule has 0 aliphatic carbocycles. The number of hydrogen-bond acceptors (Lipinski definition) is 4. The van der Waals surface area contributed by atoms with Crippen molar-refractivity contribution in [1.82, 2.24) is 4.90 Å². The van der Waals surface area contributed by atoms with E-state index >= 15 is 0 Å². The zero-order valence-electron chi connectivity index (χ0n) is 11.9. The minimum Gasteiger partial charge on any atom is -0.409 e. The molecule has 20 heavy (non-hydrogen) atoms. The van der Waals surface area contributed by atoms with Crippen molar-refractivity contribution >= 4 is 11.5 Å². The fraction of sp³-hybridized carbons (Fsp3) is 0.533. The van der Waals surface area contributed by atoms with Gasteiger partial charge < -0.3 is 15.8 Å². The second-order valence-corrected chi connectivity index (χ2v) is 5.78. The number of amidine groups is 1. The predicted molar refractivity (Wildman–Crippen MR) is 80.5 cm³/mol. The highest BCUT2D eigenvalue weighted by molar-refractivity contribution is 6.02. The number of oxime groups is 1. The van der Waals surface area contributed by atoms with Crippen molar-refractivity contribution < 1.29 is 5.21 Å². The average molecular weight is 274 g/mol. The van der Waals surface area contributed by atoms with Crippen molar-refractivity contribution in [3.63, 3.8) is 0 Å². The third-order valence-electron chi connectivity index (χ3n) is 4.46. The number of anilines is 1. The van der Waals surface area contributed by atoms with Crippen molar-refractivity contribution in [1.29, 1.82) is 0 Å². The van der Waals surface area contributed by atoms with Gasteiger partial charge in [-0.3, -0.25) is 4.90 Å². The highest BCUT2D eigenvalue weighted by Gasteiger charge is 2.31. The minimum absolute atomic E-state index is 0.189. The van der Waals surface area contributed by atoms with E-state index < -0.39 is 0 Å². The Bertz CT molecular complexity index is 529. The van der Waals surface area contributed by atoms with E-state index in [2.05, 4.69) is 27.9 Å². The molecule has 0 saturated carbocycles. The summed E-state index contributed by atoms with van der Waals surface area (Å²) >= 11 is 0. The summed E-state index contributed by atoms with van der Waals surface area (Å²) in [6.07, 6.45) is 2.58. The Kier molecular flexibility index (Phi) is 3.53. The summed E-state index contributed by atoms with van der Waals surface area (Å²) in [5, 5.41) is 12.1. The van der Waals surface area contributed by atoms with Gasteiger partial charge in [0, 0.05) is 36.9 Å². The summed E-state index contributed by atoms with van der Waals surface area (Å²) in [7, 11) is 0. The quantitative estimate of drug-likeness (QED) is 0.370. The maximum absolute atomic E-state index is 8.97. The van der Waals surface area contributed by atoms with Gasteiger partial charge in [0.1, 0.15) is 0 Å². The van der Waals surface area contributed by atoms with Crippen LogP contribution in [-0.2, 0) is 0 Å². The van der Waals surface area contributed by atoms with Crippen LogP contribution < -0.4 is 10.6 Å². The number of hydrogen-bond donors (Lipinski definition) is 2. The first kappa shape index (κ1) is 13.2. The molecule has 0 radical (unpaired) electrons. The highest BCUT2D eigenvalue weighted by Crippen LogP contribution is 2.28. The third kappa shape index (κ3) is 2.33. The molecule has 2 saturated heterocycles. The first-order chi connectivity index (χ1) is 9.69. The number of fused-ring (bicyclic) bond motifs is 1. The Hall–Kier alpha value is -1.75. The monoisotopic (exact) mass is 274 g/mol. The van der Waals surface area contributed by atoms with Gasteiger partial charge >= 0.3 is 0 Å². The molecule has 1 aromatic carbocycles. The van der Waals surface area contributed by atoms with Crippen LogP contribution >= 0.6 is 0 Å². The minimum atomic E-state index is 0.189. The number of rotatable bonds is 2. The molecule has 5 heteroatoms. The number of aryl methyl sites for hydroxylation is 1. The zero-order chi connectivity index (χ0) is 14.1. The topological polar surface area (TPSA) is 65.1 Å². The summed E-state index contributed by atoms with van der Waals surface area (Å²) in [6, 6.07) is 6.74. The molecular formula is C15H22N4O. The Morgan fingerprint density at radius 1 is 1.35 bits per heavy atom. The largest absolute Gasteiger partial charge is 0.409 e.